The fourth-order valence-corrected chi connectivity index (χ4v) is 5.02. The molecule has 1 atom stereocenters. The predicted molar refractivity (Wildman–Crippen MR) is 136 cm³/mol. The van der Waals surface area contributed by atoms with Gasteiger partial charge in [-0.05, 0) is 57.1 Å². The summed E-state index contributed by atoms with van der Waals surface area (Å²) in [6.07, 6.45) is 10.0. The van der Waals surface area contributed by atoms with E-state index in [0.29, 0.717) is 11.1 Å². The van der Waals surface area contributed by atoms with Crippen LogP contribution in [-0.4, -0.2) is 37.7 Å². The topological polar surface area (TPSA) is 84.7 Å². The van der Waals surface area contributed by atoms with Gasteiger partial charge in [-0.3, -0.25) is 4.79 Å². The Morgan fingerprint density at radius 3 is 2.53 bits per heavy atom. The summed E-state index contributed by atoms with van der Waals surface area (Å²) in [5.41, 5.74) is 1.57. The van der Waals surface area contributed by atoms with Crippen molar-refractivity contribution >= 4 is 34.4 Å². The Bertz CT molecular complexity index is 1170. The maximum Gasteiger partial charge on any atom is 0.223 e. The molecule has 0 radical (unpaired) electrons. The average Bonchev–Trinajstić information content (AvgIpc) is 3.23. The largest absolute Gasteiger partial charge is 0.367 e. The minimum atomic E-state index is 0.233. The number of aromatic nitrogens is 4. The molecule has 2 aliphatic carbocycles. The lowest BCUT2D eigenvalue weighted by Crippen LogP contribution is -2.44. The molecule has 1 aromatic carbocycles. The number of rotatable bonds is 7. The van der Waals surface area contributed by atoms with Crippen molar-refractivity contribution < 1.29 is 4.79 Å². The van der Waals surface area contributed by atoms with E-state index < -0.39 is 0 Å². The Hall–Kier alpha value is -2.67. The quantitative estimate of drug-likeness (QED) is 0.458. The summed E-state index contributed by atoms with van der Waals surface area (Å²) >= 11 is 6.47. The van der Waals surface area contributed by atoms with Gasteiger partial charge in [0.2, 0.25) is 5.91 Å². The highest BCUT2D eigenvalue weighted by molar-refractivity contribution is 6.32. The van der Waals surface area contributed by atoms with Crippen LogP contribution in [0.4, 0.5) is 5.82 Å². The lowest BCUT2D eigenvalue weighted by atomic mass is 9.84. The summed E-state index contributed by atoms with van der Waals surface area (Å²) in [5, 5.41) is 13.1. The van der Waals surface area contributed by atoms with Gasteiger partial charge in [-0.15, -0.1) is 0 Å². The molecule has 0 bridgehead atoms. The van der Waals surface area contributed by atoms with Crippen molar-refractivity contribution in [1.82, 2.24) is 25.1 Å². The maximum atomic E-state index is 12.3. The summed E-state index contributed by atoms with van der Waals surface area (Å²) in [5.74, 6) is 2.38. The normalized spacial score (nSPS) is 21.7. The van der Waals surface area contributed by atoms with Gasteiger partial charge in [0.15, 0.2) is 5.65 Å². The van der Waals surface area contributed by atoms with Crippen molar-refractivity contribution in [3.63, 3.8) is 0 Å². The van der Waals surface area contributed by atoms with Gasteiger partial charge < -0.3 is 10.6 Å². The van der Waals surface area contributed by atoms with Gasteiger partial charge in [0.05, 0.1) is 22.3 Å². The van der Waals surface area contributed by atoms with Crippen molar-refractivity contribution in [2.75, 3.05) is 5.32 Å². The number of carbonyl (C=O) groups is 1. The molecule has 0 saturated heterocycles. The number of fused-ring (bicyclic) bond motifs is 1. The van der Waals surface area contributed by atoms with Crippen molar-refractivity contribution in [2.24, 2.45) is 5.92 Å². The van der Waals surface area contributed by atoms with Gasteiger partial charge in [-0.25, -0.2) is 14.6 Å². The Morgan fingerprint density at radius 1 is 1.12 bits per heavy atom. The van der Waals surface area contributed by atoms with Crippen LogP contribution >= 0.6 is 11.6 Å². The zero-order chi connectivity index (χ0) is 23.7. The van der Waals surface area contributed by atoms with Gasteiger partial charge in [0, 0.05) is 23.9 Å². The smallest absolute Gasteiger partial charge is 0.223 e. The highest BCUT2D eigenvalue weighted by Crippen LogP contribution is 2.31. The number of nitrogens with zero attached hydrogens (tertiary/aromatic N) is 4. The van der Waals surface area contributed by atoms with E-state index in [1.165, 1.54) is 6.42 Å². The molecule has 0 spiro atoms. The molecule has 0 aliphatic heterocycles. The highest BCUT2D eigenvalue weighted by atomic mass is 35.5. The van der Waals surface area contributed by atoms with Gasteiger partial charge in [0.1, 0.15) is 11.6 Å². The lowest BCUT2D eigenvalue weighted by Gasteiger charge is -2.32. The number of hydrogen-bond donors (Lipinski definition) is 2. The number of amides is 1. The summed E-state index contributed by atoms with van der Waals surface area (Å²) < 4.78 is 1.81. The molecular weight excluding hydrogens is 448 g/mol. The molecule has 5 rings (SSSR count). The van der Waals surface area contributed by atoms with Gasteiger partial charge in [-0.2, -0.15) is 5.10 Å². The van der Waals surface area contributed by atoms with Crippen molar-refractivity contribution in [3.8, 4) is 5.69 Å². The minimum absolute atomic E-state index is 0.233. The van der Waals surface area contributed by atoms with Gasteiger partial charge in [0.25, 0.3) is 0 Å². The predicted octanol–water partition coefficient (Wildman–Crippen LogP) is 5.62. The summed E-state index contributed by atoms with van der Waals surface area (Å²) in [4.78, 5) is 22.1. The van der Waals surface area contributed by atoms with Crippen LogP contribution in [0, 0.1) is 5.92 Å². The summed E-state index contributed by atoms with van der Waals surface area (Å²) in [6.45, 7) is 4.30. The van der Waals surface area contributed by atoms with E-state index in [0.717, 1.165) is 73.3 Å². The standard InChI is InChI=1S/C26H33ClN6O/c1-3-16(2)23-31-24(20-15-28-33(25(20)32-23)22-10-5-4-9-21(22)27)29-18-11-13-19(14-12-18)30-26(34)17-7-6-8-17/h4-5,9-10,15-19H,3,6-8,11-14H2,1-2H3,(H,30,34)(H,29,31,32). The molecule has 2 fully saturated rings. The SMILES string of the molecule is CCC(C)c1nc(NC2CCC(NC(=O)C3CCC3)CC2)c2cnn(-c3ccccc3Cl)c2n1. The van der Waals surface area contributed by atoms with Crippen molar-refractivity contribution in [3.05, 3.63) is 41.3 Å². The van der Waals surface area contributed by atoms with E-state index in [2.05, 4.69) is 29.6 Å². The van der Waals surface area contributed by atoms with E-state index >= 15 is 0 Å². The molecule has 1 amide bonds. The minimum Gasteiger partial charge on any atom is -0.367 e. The van der Waals surface area contributed by atoms with E-state index in [4.69, 9.17) is 21.6 Å². The zero-order valence-corrected chi connectivity index (χ0v) is 20.7. The zero-order valence-electron chi connectivity index (χ0n) is 19.9. The first-order chi connectivity index (χ1) is 16.5. The first-order valence-corrected chi connectivity index (χ1v) is 13.0. The maximum absolute atomic E-state index is 12.3. The third-order valence-electron chi connectivity index (χ3n) is 7.47. The van der Waals surface area contributed by atoms with Crippen LogP contribution < -0.4 is 10.6 Å². The highest BCUT2D eigenvalue weighted by Gasteiger charge is 2.29. The number of benzene rings is 1. The molecule has 7 nitrogen and oxygen atoms in total. The second kappa shape index (κ2) is 9.90. The number of halogens is 1. The monoisotopic (exact) mass is 480 g/mol. The van der Waals surface area contributed by atoms with Gasteiger partial charge >= 0.3 is 0 Å². The van der Waals surface area contributed by atoms with Crippen LogP contribution in [0.3, 0.4) is 0 Å². The molecule has 1 unspecified atom stereocenters. The van der Waals surface area contributed by atoms with Crippen LogP contribution in [0.15, 0.2) is 30.5 Å². The second-order valence-electron chi connectivity index (χ2n) is 9.81. The molecule has 180 valence electrons. The number of para-hydroxylation sites is 1. The molecule has 8 heteroatoms. The van der Waals surface area contributed by atoms with Crippen LogP contribution in [0.25, 0.3) is 16.7 Å². The van der Waals surface area contributed by atoms with Gasteiger partial charge in [-0.1, -0.05) is 44.0 Å². The molecule has 3 aromatic rings. The number of carbonyl (C=O) groups excluding carboxylic acids is 1. The molecule has 2 heterocycles. The first kappa shape index (κ1) is 23.1. The fraction of sp³-hybridized carbons (Fsp3) is 0.538. The molecule has 2 saturated carbocycles. The molecule has 34 heavy (non-hydrogen) atoms. The Morgan fingerprint density at radius 2 is 1.85 bits per heavy atom. The first-order valence-electron chi connectivity index (χ1n) is 12.6. The van der Waals surface area contributed by atoms with E-state index in [-0.39, 0.29) is 23.8 Å². The summed E-state index contributed by atoms with van der Waals surface area (Å²) in [6, 6.07) is 8.27. The molecule has 2 aliphatic rings. The third-order valence-corrected chi connectivity index (χ3v) is 7.79. The van der Waals surface area contributed by atoms with Crippen LogP contribution in [0.5, 0.6) is 0 Å². The second-order valence-corrected chi connectivity index (χ2v) is 10.2. The van der Waals surface area contributed by atoms with Crippen molar-refractivity contribution in [2.45, 2.75) is 83.2 Å². The molecular formula is C26H33ClN6O. The Kier molecular flexibility index (Phi) is 6.73. The van der Waals surface area contributed by atoms with Crippen LogP contribution in [0.1, 0.15) is 77.0 Å². The van der Waals surface area contributed by atoms with Crippen molar-refractivity contribution in [1.29, 1.82) is 0 Å². The van der Waals surface area contributed by atoms with Crippen LogP contribution in [-0.2, 0) is 4.79 Å². The number of hydrogen-bond acceptors (Lipinski definition) is 5. The number of nitrogens with one attached hydrogen (secondary N) is 2. The Balaban J connectivity index is 1.36. The van der Waals surface area contributed by atoms with E-state index in [1.807, 2.05) is 35.1 Å². The lowest BCUT2D eigenvalue weighted by molar-refractivity contribution is -0.128. The average molecular weight is 481 g/mol. The fourth-order valence-electron chi connectivity index (χ4n) is 4.80. The van der Waals surface area contributed by atoms with E-state index in [1.54, 1.807) is 0 Å². The van der Waals surface area contributed by atoms with Crippen LogP contribution in [0.2, 0.25) is 5.02 Å². The summed E-state index contributed by atoms with van der Waals surface area (Å²) in [7, 11) is 0. The Labute approximate surface area is 205 Å². The number of anilines is 1. The molecule has 2 aromatic heterocycles. The van der Waals surface area contributed by atoms with E-state index in [9.17, 15) is 4.79 Å². The molecule has 2 N–H and O–H groups in total. The third kappa shape index (κ3) is 4.63.